The third-order valence-electron chi connectivity index (χ3n) is 5.39. The van der Waals surface area contributed by atoms with Gasteiger partial charge in [-0.05, 0) is 78.9 Å². The molecular weight excluding hydrogens is 410 g/mol. The topological polar surface area (TPSA) is 39.7 Å². The number of hydrogen-bond acceptors (Lipinski definition) is 4. The third kappa shape index (κ3) is 5.15. The van der Waals surface area contributed by atoms with Gasteiger partial charge in [0.05, 0.1) is 19.3 Å². The molecule has 3 aromatic carbocycles. The Bertz CT molecular complexity index is 1000. The summed E-state index contributed by atoms with van der Waals surface area (Å²) >= 11 is 5.95. The molecule has 0 saturated carbocycles. The molecule has 0 spiro atoms. The van der Waals surface area contributed by atoms with Crippen LogP contribution in [0.2, 0.25) is 5.02 Å². The smallest absolute Gasteiger partial charge is 0.161 e. The van der Waals surface area contributed by atoms with E-state index in [1.54, 1.807) is 0 Å². The monoisotopic (exact) mass is 437 g/mol. The fourth-order valence-electron chi connectivity index (χ4n) is 3.90. The molecular formula is C26H28ClNO3. The first kappa shape index (κ1) is 21.5. The second-order valence-corrected chi connectivity index (χ2v) is 7.92. The van der Waals surface area contributed by atoms with Crippen LogP contribution in [0, 0.1) is 0 Å². The van der Waals surface area contributed by atoms with Gasteiger partial charge in [0.1, 0.15) is 12.4 Å². The lowest BCUT2D eigenvalue weighted by Crippen LogP contribution is -2.30. The molecule has 0 saturated heterocycles. The Morgan fingerprint density at radius 2 is 1.55 bits per heavy atom. The molecule has 1 aliphatic rings. The van der Waals surface area contributed by atoms with Gasteiger partial charge in [-0.2, -0.15) is 0 Å². The summed E-state index contributed by atoms with van der Waals surface area (Å²) in [7, 11) is 0. The van der Waals surface area contributed by atoms with Crippen LogP contribution in [0.1, 0.15) is 42.1 Å². The minimum absolute atomic E-state index is 0.115. The molecule has 4 nitrogen and oxygen atoms in total. The van der Waals surface area contributed by atoms with Gasteiger partial charge in [-0.3, -0.25) is 0 Å². The standard InChI is InChI=1S/C26H28ClNO3/c1-3-29-24-15-20-13-14-28-26(23(20)16-25(24)30-4-2)19-7-11-22(12-8-19)31-17-18-5-9-21(27)10-6-18/h5-12,15-16,26,28H,3-4,13-14,17H2,1-2H3. The molecule has 0 bridgehead atoms. The second-order valence-electron chi connectivity index (χ2n) is 7.49. The maximum atomic E-state index is 5.95. The molecule has 0 aliphatic carbocycles. The van der Waals surface area contributed by atoms with E-state index < -0.39 is 0 Å². The summed E-state index contributed by atoms with van der Waals surface area (Å²) in [6.45, 7) is 6.66. The Morgan fingerprint density at radius 1 is 0.871 bits per heavy atom. The predicted molar refractivity (Wildman–Crippen MR) is 125 cm³/mol. The van der Waals surface area contributed by atoms with Crippen LogP contribution in [0.4, 0.5) is 0 Å². The van der Waals surface area contributed by atoms with Gasteiger partial charge in [0, 0.05) is 11.6 Å². The number of ether oxygens (including phenoxy) is 3. The molecule has 4 rings (SSSR count). The molecule has 1 heterocycles. The van der Waals surface area contributed by atoms with Crippen molar-refractivity contribution in [3.05, 3.63) is 87.9 Å². The van der Waals surface area contributed by atoms with Crippen molar-refractivity contribution in [2.24, 2.45) is 0 Å². The van der Waals surface area contributed by atoms with Crippen molar-refractivity contribution < 1.29 is 14.2 Å². The van der Waals surface area contributed by atoms with Gasteiger partial charge in [0.15, 0.2) is 11.5 Å². The first-order valence-corrected chi connectivity index (χ1v) is 11.2. The average Bonchev–Trinajstić information content (AvgIpc) is 2.79. The van der Waals surface area contributed by atoms with Gasteiger partial charge >= 0.3 is 0 Å². The molecule has 0 fully saturated rings. The van der Waals surface area contributed by atoms with E-state index in [1.165, 1.54) is 16.7 Å². The van der Waals surface area contributed by atoms with Gasteiger partial charge in [0.25, 0.3) is 0 Å². The predicted octanol–water partition coefficient (Wildman–Crippen LogP) is 5.95. The Balaban J connectivity index is 1.52. The maximum absolute atomic E-state index is 5.95. The highest BCUT2D eigenvalue weighted by atomic mass is 35.5. The van der Waals surface area contributed by atoms with Crippen LogP contribution in [0.3, 0.4) is 0 Å². The van der Waals surface area contributed by atoms with Crippen molar-refractivity contribution >= 4 is 11.6 Å². The highest BCUT2D eigenvalue weighted by Crippen LogP contribution is 2.38. The van der Waals surface area contributed by atoms with Crippen LogP contribution in [0.15, 0.2) is 60.7 Å². The van der Waals surface area contributed by atoms with Crippen molar-refractivity contribution in [3.8, 4) is 17.2 Å². The van der Waals surface area contributed by atoms with Crippen LogP contribution in [-0.2, 0) is 13.0 Å². The van der Waals surface area contributed by atoms with Crippen molar-refractivity contribution in [3.63, 3.8) is 0 Å². The molecule has 31 heavy (non-hydrogen) atoms. The largest absolute Gasteiger partial charge is 0.490 e. The normalized spacial score (nSPS) is 15.3. The lowest BCUT2D eigenvalue weighted by Gasteiger charge is -2.29. The van der Waals surface area contributed by atoms with E-state index in [2.05, 4.69) is 29.6 Å². The number of hydrogen-bond donors (Lipinski definition) is 1. The number of benzene rings is 3. The SMILES string of the molecule is CCOc1cc2c(cc1OCC)C(c1ccc(OCc3ccc(Cl)cc3)cc1)NCC2. The van der Waals surface area contributed by atoms with E-state index in [-0.39, 0.29) is 6.04 Å². The molecule has 1 unspecified atom stereocenters. The fourth-order valence-corrected chi connectivity index (χ4v) is 4.03. The van der Waals surface area contributed by atoms with E-state index >= 15 is 0 Å². The summed E-state index contributed by atoms with van der Waals surface area (Å²) in [4.78, 5) is 0. The van der Waals surface area contributed by atoms with Crippen molar-refractivity contribution in [2.75, 3.05) is 19.8 Å². The molecule has 1 N–H and O–H groups in total. The quantitative estimate of drug-likeness (QED) is 0.472. The van der Waals surface area contributed by atoms with Gasteiger partial charge in [-0.15, -0.1) is 0 Å². The minimum Gasteiger partial charge on any atom is -0.490 e. The van der Waals surface area contributed by atoms with Crippen molar-refractivity contribution in [2.45, 2.75) is 32.9 Å². The molecule has 5 heteroatoms. The zero-order valence-corrected chi connectivity index (χ0v) is 18.7. The molecule has 1 atom stereocenters. The Kier molecular flexibility index (Phi) is 7.00. The lowest BCUT2D eigenvalue weighted by atomic mass is 9.89. The third-order valence-corrected chi connectivity index (χ3v) is 5.64. The molecule has 0 amide bonds. The number of fused-ring (bicyclic) bond motifs is 1. The van der Waals surface area contributed by atoms with Gasteiger partial charge in [-0.25, -0.2) is 0 Å². The Morgan fingerprint density at radius 3 is 2.23 bits per heavy atom. The number of rotatable bonds is 8. The van der Waals surface area contributed by atoms with E-state index in [0.717, 1.165) is 40.8 Å². The zero-order valence-electron chi connectivity index (χ0n) is 18.0. The molecule has 162 valence electrons. The van der Waals surface area contributed by atoms with Gasteiger partial charge < -0.3 is 19.5 Å². The Labute approximate surface area is 189 Å². The second kappa shape index (κ2) is 10.1. The van der Waals surface area contributed by atoms with Gasteiger partial charge in [-0.1, -0.05) is 35.9 Å². The van der Waals surface area contributed by atoms with Crippen LogP contribution < -0.4 is 19.5 Å². The van der Waals surface area contributed by atoms with Crippen LogP contribution in [0.5, 0.6) is 17.2 Å². The summed E-state index contributed by atoms with van der Waals surface area (Å²) in [5.41, 5.74) is 4.84. The lowest BCUT2D eigenvalue weighted by molar-refractivity contribution is 0.286. The van der Waals surface area contributed by atoms with E-state index in [0.29, 0.717) is 19.8 Å². The molecule has 0 radical (unpaired) electrons. The van der Waals surface area contributed by atoms with Crippen LogP contribution >= 0.6 is 11.6 Å². The fraction of sp³-hybridized carbons (Fsp3) is 0.308. The van der Waals surface area contributed by atoms with Crippen molar-refractivity contribution in [1.29, 1.82) is 0 Å². The van der Waals surface area contributed by atoms with Crippen LogP contribution in [-0.4, -0.2) is 19.8 Å². The number of nitrogens with one attached hydrogen (secondary N) is 1. The minimum atomic E-state index is 0.115. The van der Waals surface area contributed by atoms with Crippen molar-refractivity contribution in [1.82, 2.24) is 5.32 Å². The summed E-state index contributed by atoms with van der Waals surface area (Å²) in [5.74, 6) is 2.48. The summed E-state index contributed by atoms with van der Waals surface area (Å²) in [6, 6.07) is 20.4. The molecule has 3 aromatic rings. The average molecular weight is 438 g/mol. The first-order valence-electron chi connectivity index (χ1n) is 10.8. The van der Waals surface area contributed by atoms with Gasteiger partial charge in [0.2, 0.25) is 0 Å². The van der Waals surface area contributed by atoms with E-state index in [4.69, 9.17) is 25.8 Å². The highest BCUT2D eigenvalue weighted by molar-refractivity contribution is 6.30. The molecule has 1 aliphatic heterocycles. The summed E-state index contributed by atoms with van der Waals surface area (Å²) in [6.07, 6.45) is 0.973. The highest BCUT2D eigenvalue weighted by Gasteiger charge is 2.24. The number of halogens is 1. The molecule has 0 aromatic heterocycles. The first-order chi connectivity index (χ1) is 15.2. The van der Waals surface area contributed by atoms with E-state index in [1.807, 2.05) is 50.2 Å². The van der Waals surface area contributed by atoms with E-state index in [9.17, 15) is 0 Å². The summed E-state index contributed by atoms with van der Waals surface area (Å²) < 4.78 is 17.6. The maximum Gasteiger partial charge on any atom is 0.161 e. The van der Waals surface area contributed by atoms with Crippen LogP contribution in [0.25, 0.3) is 0 Å². The summed E-state index contributed by atoms with van der Waals surface area (Å²) in [5, 5.41) is 4.38. The Hall–Kier alpha value is -2.69. The zero-order chi connectivity index (χ0) is 21.6.